The fourth-order valence-corrected chi connectivity index (χ4v) is 5.68. The Hall–Kier alpha value is -3.00. The quantitative estimate of drug-likeness (QED) is 0.358. The van der Waals surface area contributed by atoms with E-state index < -0.39 is 0 Å². The molecule has 0 saturated carbocycles. The minimum atomic E-state index is -0.323. The van der Waals surface area contributed by atoms with Gasteiger partial charge in [0.1, 0.15) is 22.7 Å². The number of anilines is 1. The van der Waals surface area contributed by atoms with Gasteiger partial charge in [0.05, 0.1) is 30.2 Å². The molecule has 1 N–H and O–H groups in total. The molecule has 1 unspecified atom stereocenters. The van der Waals surface area contributed by atoms with E-state index in [4.69, 9.17) is 14.5 Å². The standard InChI is InChI=1S/C27H34N4O3S/c1-17(2)28-26(21-11-10-20(33-5)15-23(21)34-6)31-13-7-8-18-14-19(9-12-22(18)31)25-27(3,4)35-24(16-32)29-30-25/h9-12,14-17,24,29H,7-8,13H2,1-6H3. The number of hydrogen-bond donors (Lipinski definition) is 1. The smallest absolute Gasteiger partial charge is 0.154 e. The molecule has 0 fully saturated rings. The lowest BCUT2D eigenvalue weighted by molar-refractivity contribution is -0.107. The van der Waals surface area contributed by atoms with Gasteiger partial charge in [-0.3, -0.25) is 10.4 Å². The maximum atomic E-state index is 11.3. The Bertz CT molecular complexity index is 1160. The Kier molecular flexibility index (Phi) is 7.40. The van der Waals surface area contributed by atoms with Crippen LogP contribution in [0, 0.1) is 0 Å². The summed E-state index contributed by atoms with van der Waals surface area (Å²) >= 11 is 1.58. The van der Waals surface area contributed by atoms with Crippen LogP contribution in [0.5, 0.6) is 11.5 Å². The molecule has 2 aliphatic heterocycles. The number of thioether (sulfide) groups is 1. The minimum absolute atomic E-state index is 0.118. The predicted molar refractivity (Wildman–Crippen MR) is 145 cm³/mol. The first-order valence-electron chi connectivity index (χ1n) is 11.9. The number of hydrogen-bond acceptors (Lipinski definition) is 7. The number of carbonyl (C=O) groups excluding carboxylic acids is 1. The van der Waals surface area contributed by atoms with Crippen molar-refractivity contribution >= 4 is 35.3 Å². The minimum Gasteiger partial charge on any atom is -0.497 e. The summed E-state index contributed by atoms with van der Waals surface area (Å²) in [6, 6.07) is 12.5. The summed E-state index contributed by atoms with van der Waals surface area (Å²) in [6.07, 6.45) is 2.90. The third kappa shape index (κ3) is 5.17. The Balaban J connectivity index is 1.76. The van der Waals surface area contributed by atoms with E-state index in [9.17, 15) is 4.79 Å². The highest BCUT2D eigenvalue weighted by atomic mass is 32.2. The number of aryl methyl sites for hydroxylation is 1. The van der Waals surface area contributed by atoms with Gasteiger partial charge in [-0.15, -0.1) is 11.8 Å². The number of benzene rings is 2. The molecule has 2 aromatic rings. The zero-order valence-corrected chi connectivity index (χ0v) is 22.1. The predicted octanol–water partition coefficient (Wildman–Crippen LogP) is 4.66. The topological polar surface area (TPSA) is 75.5 Å². The van der Waals surface area contributed by atoms with Gasteiger partial charge in [-0.25, -0.2) is 0 Å². The van der Waals surface area contributed by atoms with E-state index in [2.05, 4.69) is 61.3 Å². The number of nitrogens with one attached hydrogen (secondary N) is 1. The highest BCUT2D eigenvalue weighted by Crippen LogP contribution is 2.37. The average molecular weight is 495 g/mol. The lowest BCUT2D eigenvalue weighted by Crippen LogP contribution is -2.42. The lowest BCUT2D eigenvalue weighted by Gasteiger charge is -2.35. The van der Waals surface area contributed by atoms with Gasteiger partial charge in [0.2, 0.25) is 0 Å². The largest absolute Gasteiger partial charge is 0.497 e. The number of nitrogens with zero attached hydrogens (tertiary/aromatic N) is 3. The number of methoxy groups -OCH3 is 2. The van der Waals surface area contributed by atoms with Gasteiger partial charge >= 0.3 is 0 Å². The Morgan fingerprint density at radius 3 is 2.69 bits per heavy atom. The van der Waals surface area contributed by atoms with Crippen molar-refractivity contribution < 1.29 is 14.3 Å². The molecule has 0 aliphatic carbocycles. The van der Waals surface area contributed by atoms with E-state index in [0.717, 1.165) is 65.5 Å². The molecule has 8 heteroatoms. The number of carbonyl (C=O) groups is 1. The lowest BCUT2D eigenvalue weighted by atomic mass is 9.93. The van der Waals surface area contributed by atoms with Crippen LogP contribution < -0.4 is 19.8 Å². The second kappa shape index (κ2) is 10.3. The molecule has 2 aromatic carbocycles. The van der Waals surface area contributed by atoms with Crippen LogP contribution in [0.3, 0.4) is 0 Å². The summed E-state index contributed by atoms with van der Waals surface area (Å²) in [6.45, 7) is 9.28. The van der Waals surface area contributed by atoms with Gasteiger partial charge in [-0.2, -0.15) is 5.10 Å². The van der Waals surface area contributed by atoms with Crippen molar-refractivity contribution in [2.24, 2.45) is 10.1 Å². The number of amidine groups is 1. The monoisotopic (exact) mass is 494 g/mol. The molecule has 2 heterocycles. The van der Waals surface area contributed by atoms with Gasteiger partial charge in [-0.05, 0) is 75.9 Å². The highest BCUT2D eigenvalue weighted by Gasteiger charge is 2.35. The second-order valence-corrected chi connectivity index (χ2v) is 11.2. The number of ether oxygens (including phenoxy) is 2. The number of fused-ring (bicyclic) bond motifs is 1. The normalized spacial score (nSPS) is 19.5. The van der Waals surface area contributed by atoms with Crippen LogP contribution in [-0.2, 0) is 11.2 Å². The number of rotatable bonds is 6. The fraction of sp³-hybridized carbons (Fsp3) is 0.444. The molecule has 1 atom stereocenters. The van der Waals surface area contributed by atoms with Crippen LogP contribution in [0.4, 0.5) is 5.69 Å². The van der Waals surface area contributed by atoms with E-state index >= 15 is 0 Å². The Morgan fingerprint density at radius 2 is 2.03 bits per heavy atom. The van der Waals surface area contributed by atoms with Crippen molar-refractivity contribution in [3.05, 3.63) is 53.1 Å². The van der Waals surface area contributed by atoms with Crippen molar-refractivity contribution in [2.45, 2.75) is 56.7 Å². The molecule has 0 bridgehead atoms. The highest BCUT2D eigenvalue weighted by molar-refractivity contribution is 8.02. The van der Waals surface area contributed by atoms with E-state index in [-0.39, 0.29) is 16.2 Å². The van der Waals surface area contributed by atoms with Crippen LogP contribution in [-0.4, -0.2) is 54.8 Å². The number of aldehydes is 1. The van der Waals surface area contributed by atoms with Crippen molar-refractivity contribution in [1.29, 1.82) is 0 Å². The van der Waals surface area contributed by atoms with Crippen molar-refractivity contribution in [3.63, 3.8) is 0 Å². The van der Waals surface area contributed by atoms with E-state index in [1.54, 1.807) is 26.0 Å². The van der Waals surface area contributed by atoms with E-state index in [0.29, 0.717) is 0 Å². The number of hydrazone groups is 1. The summed E-state index contributed by atoms with van der Waals surface area (Å²) < 4.78 is 10.9. The first-order valence-corrected chi connectivity index (χ1v) is 12.8. The summed E-state index contributed by atoms with van der Waals surface area (Å²) in [5, 5.41) is 4.26. The molecule has 186 valence electrons. The summed E-state index contributed by atoms with van der Waals surface area (Å²) in [7, 11) is 3.33. The van der Waals surface area contributed by atoms with Crippen molar-refractivity contribution in [3.8, 4) is 11.5 Å². The van der Waals surface area contributed by atoms with Crippen LogP contribution in [0.15, 0.2) is 46.5 Å². The molecule has 4 rings (SSSR count). The third-order valence-corrected chi connectivity index (χ3v) is 7.43. The first-order chi connectivity index (χ1) is 16.8. The van der Waals surface area contributed by atoms with Crippen molar-refractivity contribution in [2.75, 3.05) is 25.7 Å². The van der Waals surface area contributed by atoms with Crippen LogP contribution in [0.25, 0.3) is 0 Å². The zero-order valence-electron chi connectivity index (χ0n) is 21.3. The molecule has 0 aromatic heterocycles. The van der Waals surface area contributed by atoms with Gasteiger partial charge in [0.15, 0.2) is 6.29 Å². The maximum absolute atomic E-state index is 11.3. The Morgan fingerprint density at radius 1 is 1.23 bits per heavy atom. The van der Waals surface area contributed by atoms with Crippen molar-refractivity contribution in [1.82, 2.24) is 5.43 Å². The molecule has 0 spiro atoms. The van der Waals surface area contributed by atoms with Gasteiger partial charge in [-0.1, -0.05) is 6.07 Å². The molecular weight excluding hydrogens is 460 g/mol. The van der Waals surface area contributed by atoms with Gasteiger partial charge in [0, 0.05) is 24.3 Å². The molecule has 0 radical (unpaired) electrons. The average Bonchev–Trinajstić information content (AvgIpc) is 2.85. The van der Waals surface area contributed by atoms with Crippen LogP contribution in [0.2, 0.25) is 0 Å². The van der Waals surface area contributed by atoms with E-state index in [1.807, 2.05) is 18.2 Å². The van der Waals surface area contributed by atoms with Crippen LogP contribution in [0.1, 0.15) is 50.8 Å². The first kappa shape index (κ1) is 25.1. The van der Waals surface area contributed by atoms with E-state index in [1.165, 1.54) is 5.56 Å². The number of aliphatic imine (C=N–C) groups is 1. The summed E-state index contributed by atoms with van der Waals surface area (Å²) in [5.41, 5.74) is 8.36. The molecule has 35 heavy (non-hydrogen) atoms. The van der Waals surface area contributed by atoms with Gasteiger partial charge < -0.3 is 19.2 Å². The molecule has 7 nitrogen and oxygen atoms in total. The van der Waals surface area contributed by atoms with Crippen LogP contribution >= 0.6 is 11.8 Å². The summed E-state index contributed by atoms with van der Waals surface area (Å²) in [5.74, 6) is 2.38. The zero-order chi connectivity index (χ0) is 25.2. The SMILES string of the molecule is COc1ccc(C(=NC(C)C)N2CCCc3cc(C4=NNC(C=O)SC4(C)C)ccc32)c(OC)c1. The molecular formula is C27H34N4O3S. The maximum Gasteiger partial charge on any atom is 0.154 e. The molecule has 0 saturated heterocycles. The third-order valence-electron chi connectivity index (χ3n) is 6.18. The molecule has 2 aliphatic rings. The fourth-order valence-electron chi connectivity index (χ4n) is 4.61. The van der Waals surface area contributed by atoms with Gasteiger partial charge in [0.25, 0.3) is 0 Å². The summed E-state index contributed by atoms with van der Waals surface area (Å²) in [4.78, 5) is 18.6. The Labute approximate surface area is 212 Å². The molecule has 0 amide bonds. The second-order valence-electron chi connectivity index (χ2n) is 9.49.